The molecule has 1 spiro atoms. The molecule has 0 saturated heterocycles. The highest BCUT2D eigenvalue weighted by Gasteiger charge is 2.39. The number of allylic oxidation sites excluding steroid dienone is 2. The summed E-state index contributed by atoms with van der Waals surface area (Å²) in [6, 6.07) is 19.2. The summed E-state index contributed by atoms with van der Waals surface area (Å²) in [5.41, 5.74) is 1.52. The summed E-state index contributed by atoms with van der Waals surface area (Å²) in [6.45, 7) is -0.0328. The highest BCUT2D eigenvalue weighted by atomic mass is 16.5. The van der Waals surface area contributed by atoms with Crippen LogP contribution >= 0.6 is 0 Å². The first-order valence-corrected chi connectivity index (χ1v) is 14.6. The fourth-order valence-corrected chi connectivity index (χ4v) is 5.78. The van der Waals surface area contributed by atoms with Crippen molar-refractivity contribution in [1.29, 1.82) is 0 Å². The molecule has 1 heterocycles. The lowest BCUT2D eigenvalue weighted by Crippen LogP contribution is -2.53. The molecule has 3 N–H and O–H groups in total. The molecule has 4 rings (SSSR count). The maximum absolute atomic E-state index is 13.5. The van der Waals surface area contributed by atoms with E-state index < -0.39 is 17.5 Å². The zero-order valence-corrected chi connectivity index (χ0v) is 23.2. The van der Waals surface area contributed by atoms with Gasteiger partial charge in [-0.05, 0) is 56.1 Å². The maximum Gasteiger partial charge on any atom is 0.309 e. The van der Waals surface area contributed by atoms with Crippen molar-refractivity contribution in [1.82, 2.24) is 10.6 Å². The van der Waals surface area contributed by atoms with Crippen LogP contribution in [0.25, 0.3) is 0 Å². The van der Waals surface area contributed by atoms with Crippen LogP contribution in [0.2, 0.25) is 0 Å². The number of nitrogens with one attached hydrogen (secondary N) is 2. The molecular formula is C33H42N2O5. The molecule has 3 atom stereocenters. The van der Waals surface area contributed by atoms with E-state index in [1.54, 1.807) is 0 Å². The van der Waals surface area contributed by atoms with Crippen LogP contribution in [0.5, 0.6) is 0 Å². The highest BCUT2D eigenvalue weighted by Crippen LogP contribution is 2.32. The van der Waals surface area contributed by atoms with Gasteiger partial charge in [0.2, 0.25) is 11.8 Å². The van der Waals surface area contributed by atoms with E-state index in [1.165, 1.54) is 0 Å². The van der Waals surface area contributed by atoms with E-state index in [0.29, 0.717) is 32.1 Å². The van der Waals surface area contributed by atoms with Crippen molar-refractivity contribution >= 4 is 17.8 Å². The fraction of sp³-hybridized carbons (Fsp3) is 0.485. The van der Waals surface area contributed by atoms with Gasteiger partial charge in [0.1, 0.15) is 6.61 Å². The molecule has 2 amide bonds. The topological polar surface area (TPSA) is 105 Å². The average Bonchev–Trinajstić information content (AvgIpc) is 3.43. The molecule has 7 nitrogen and oxygen atoms in total. The second-order valence-electron chi connectivity index (χ2n) is 11.3. The predicted molar refractivity (Wildman–Crippen MR) is 154 cm³/mol. The second-order valence-corrected chi connectivity index (χ2v) is 11.3. The molecule has 0 radical (unpaired) electrons. The number of ether oxygens (including phenoxy) is 1. The molecule has 2 aromatic carbocycles. The maximum atomic E-state index is 13.5. The van der Waals surface area contributed by atoms with Gasteiger partial charge in [-0.15, -0.1) is 0 Å². The van der Waals surface area contributed by atoms with Gasteiger partial charge in [0.05, 0.1) is 30.0 Å². The Hall–Kier alpha value is -3.45. The first-order valence-electron chi connectivity index (χ1n) is 14.6. The normalized spacial score (nSPS) is 22.3. The highest BCUT2D eigenvalue weighted by molar-refractivity contribution is 5.86. The van der Waals surface area contributed by atoms with Crippen LogP contribution in [0.1, 0.15) is 62.5 Å². The van der Waals surface area contributed by atoms with Crippen molar-refractivity contribution in [2.24, 2.45) is 11.8 Å². The first kappa shape index (κ1) is 29.5. The van der Waals surface area contributed by atoms with E-state index in [4.69, 9.17) is 4.74 Å². The first-order chi connectivity index (χ1) is 19.5. The van der Waals surface area contributed by atoms with E-state index >= 15 is 0 Å². The average molecular weight is 547 g/mol. The fourth-order valence-electron chi connectivity index (χ4n) is 5.78. The number of rotatable bonds is 8. The third kappa shape index (κ3) is 8.78. The van der Waals surface area contributed by atoms with Crippen LogP contribution in [0, 0.1) is 11.8 Å². The van der Waals surface area contributed by atoms with Gasteiger partial charge in [-0.2, -0.15) is 0 Å². The van der Waals surface area contributed by atoms with Gasteiger partial charge in [0, 0.05) is 6.42 Å². The molecule has 0 unspecified atom stereocenters. The van der Waals surface area contributed by atoms with E-state index in [1.807, 2.05) is 72.8 Å². The van der Waals surface area contributed by atoms with Crippen molar-refractivity contribution in [3.05, 3.63) is 83.9 Å². The summed E-state index contributed by atoms with van der Waals surface area (Å²) in [5, 5.41) is 16.0. The molecule has 1 saturated carbocycles. The molecule has 0 bridgehead atoms. The molecule has 0 aromatic heterocycles. The lowest BCUT2D eigenvalue weighted by molar-refractivity contribution is -0.152. The van der Waals surface area contributed by atoms with Crippen LogP contribution < -0.4 is 10.6 Å². The standard InChI is InChI=1S/C33H42N2O5/c36-23-29(21-26-14-6-2-7-15-26)34-30(37)22-27-16-8-3-9-17-28(20-25-12-4-1-5-13-25)32(39)40-24-33(35-31(27)38)18-10-11-19-33/h1-8,12-15,27-29,36H,9-11,16-24H2,(H,34,37)(H,35,38)/t27-,28-,29-/m1/s1. The number of amides is 2. The second kappa shape index (κ2) is 14.8. The SMILES string of the molecule is O=C(C[C@H]1CC=CCC[C@H](Cc2ccccc2)C(=O)OCC2(CCCC2)NC1=O)N[C@@H](CO)Cc1ccccc1. The smallest absolute Gasteiger partial charge is 0.309 e. The third-order valence-electron chi connectivity index (χ3n) is 8.08. The quantitative estimate of drug-likeness (QED) is 0.339. The lowest BCUT2D eigenvalue weighted by Gasteiger charge is -2.32. The van der Waals surface area contributed by atoms with Gasteiger partial charge < -0.3 is 20.5 Å². The summed E-state index contributed by atoms with van der Waals surface area (Å²) >= 11 is 0. The van der Waals surface area contributed by atoms with E-state index in [0.717, 1.165) is 36.8 Å². The van der Waals surface area contributed by atoms with Gasteiger partial charge >= 0.3 is 5.97 Å². The zero-order chi connectivity index (χ0) is 28.2. The van der Waals surface area contributed by atoms with Crippen LogP contribution in [0.4, 0.5) is 0 Å². The van der Waals surface area contributed by atoms with Crippen molar-refractivity contribution < 1.29 is 24.2 Å². The van der Waals surface area contributed by atoms with Crippen LogP contribution in [0.15, 0.2) is 72.8 Å². The van der Waals surface area contributed by atoms with Crippen LogP contribution in [0.3, 0.4) is 0 Å². The van der Waals surface area contributed by atoms with Gasteiger partial charge in [0.25, 0.3) is 0 Å². The number of hydrogen-bond donors (Lipinski definition) is 3. The minimum Gasteiger partial charge on any atom is -0.463 e. The predicted octanol–water partition coefficient (Wildman–Crippen LogP) is 4.28. The largest absolute Gasteiger partial charge is 0.463 e. The summed E-state index contributed by atoms with van der Waals surface area (Å²) in [7, 11) is 0. The Balaban J connectivity index is 1.44. The van der Waals surface area contributed by atoms with E-state index in [2.05, 4.69) is 10.6 Å². The number of benzene rings is 2. The van der Waals surface area contributed by atoms with Gasteiger partial charge in [-0.3, -0.25) is 14.4 Å². The number of aliphatic hydroxyl groups excluding tert-OH is 1. The Kier molecular flexibility index (Phi) is 10.9. The van der Waals surface area contributed by atoms with Crippen molar-refractivity contribution in [3.8, 4) is 0 Å². The molecule has 214 valence electrons. The van der Waals surface area contributed by atoms with Gasteiger partial charge in [0.15, 0.2) is 0 Å². The molecule has 2 aliphatic rings. The number of aliphatic hydroxyl groups is 1. The van der Waals surface area contributed by atoms with Crippen molar-refractivity contribution in [2.75, 3.05) is 13.2 Å². The summed E-state index contributed by atoms with van der Waals surface area (Å²) in [4.78, 5) is 39.7. The lowest BCUT2D eigenvalue weighted by atomic mass is 9.94. The minimum atomic E-state index is -0.600. The summed E-state index contributed by atoms with van der Waals surface area (Å²) < 4.78 is 5.88. The molecule has 1 aliphatic heterocycles. The Morgan fingerprint density at radius 2 is 1.65 bits per heavy atom. The Morgan fingerprint density at radius 3 is 2.33 bits per heavy atom. The molecule has 1 aliphatic carbocycles. The number of carbonyl (C=O) groups excluding carboxylic acids is 3. The van der Waals surface area contributed by atoms with Gasteiger partial charge in [-0.1, -0.05) is 85.7 Å². The number of hydrogen-bond acceptors (Lipinski definition) is 5. The van der Waals surface area contributed by atoms with Crippen molar-refractivity contribution in [2.45, 2.75) is 75.8 Å². The number of cyclic esters (lactones) is 1. The minimum absolute atomic E-state index is 0.0218. The summed E-state index contributed by atoms with van der Waals surface area (Å²) in [6.07, 6.45) is 10.3. The Labute approximate surface area is 237 Å². The van der Waals surface area contributed by atoms with Crippen molar-refractivity contribution in [3.63, 3.8) is 0 Å². The van der Waals surface area contributed by atoms with E-state index in [9.17, 15) is 19.5 Å². The molecular weight excluding hydrogens is 504 g/mol. The third-order valence-corrected chi connectivity index (χ3v) is 8.08. The molecule has 1 fully saturated rings. The monoisotopic (exact) mass is 546 g/mol. The molecule has 40 heavy (non-hydrogen) atoms. The Morgan fingerprint density at radius 1 is 0.975 bits per heavy atom. The zero-order valence-electron chi connectivity index (χ0n) is 23.2. The molecule has 7 heteroatoms. The van der Waals surface area contributed by atoms with E-state index in [-0.39, 0.29) is 43.3 Å². The molecule has 2 aromatic rings. The number of carbonyl (C=O) groups is 3. The van der Waals surface area contributed by atoms with Crippen LogP contribution in [-0.2, 0) is 32.0 Å². The van der Waals surface area contributed by atoms with Crippen LogP contribution in [-0.4, -0.2) is 47.7 Å². The number of esters is 1. The van der Waals surface area contributed by atoms with Gasteiger partial charge in [-0.25, -0.2) is 0 Å². The Bertz CT molecular complexity index is 1130. The summed E-state index contributed by atoms with van der Waals surface area (Å²) in [5.74, 6) is -1.49.